The Morgan fingerprint density at radius 3 is 2.86 bits per heavy atom. The van der Waals surface area contributed by atoms with Gasteiger partial charge < -0.3 is 19.3 Å². The number of rotatable bonds is 8. The summed E-state index contributed by atoms with van der Waals surface area (Å²) in [5.74, 6) is 0.774. The third-order valence-corrected chi connectivity index (χ3v) is 3.92. The molecule has 0 heterocycles. The molecule has 0 radical (unpaired) electrons. The standard InChI is InChI=1S/C17H26O4/c1-3-4-9-20-10-11-21-16-8-6-13-5-7-14(19-2)12-15(13)17(16)18/h5,7,12,16-18H,3-4,6,8-11H2,1-2H3. The number of benzene rings is 1. The Kier molecular flexibility index (Phi) is 6.49. The van der Waals surface area contributed by atoms with E-state index in [1.165, 1.54) is 5.56 Å². The number of hydrogen-bond donors (Lipinski definition) is 1. The van der Waals surface area contributed by atoms with E-state index in [1.807, 2.05) is 18.2 Å². The molecule has 0 bridgehead atoms. The molecule has 1 aromatic rings. The number of unbranched alkanes of at least 4 members (excludes halogenated alkanes) is 1. The van der Waals surface area contributed by atoms with Gasteiger partial charge in [-0.1, -0.05) is 19.4 Å². The Balaban J connectivity index is 1.83. The highest BCUT2D eigenvalue weighted by molar-refractivity contribution is 5.39. The molecule has 4 heteroatoms. The predicted octanol–water partition coefficient (Wildman–Crippen LogP) is 2.88. The molecule has 2 atom stereocenters. The lowest BCUT2D eigenvalue weighted by Gasteiger charge is -2.30. The molecule has 21 heavy (non-hydrogen) atoms. The first kappa shape index (κ1) is 16.3. The van der Waals surface area contributed by atoms with Crippen molar-refractivity contribution in [3.05, 3.63) is 29.3 Å². The highest BCUT2D eigenvalue weighted by Gasteiger charge is 2.28. The average Bonchev–Trinajstić information content (AvgIpc) is 2.52. The predicted molar refractivity (Wildman–Crippen MR) is 81.7 cm³/mol. The van der Waals surface area contributed by atoms with Crippen molar-refractivity contribution in [3.8, 4) is 5.75 Å². The lowest BCUT2D eigenvalue weighted by Crippen LogP contribution is -2.29. The second kappa shape index (κ2) is 8.37. The fourth-order valence-electron chi connectivity index (χ4n) is 2.64. The minimum absolute atomic E-state index is 0.153. The van der Waals surface area contributed by atoms with Gasteiger partial charge in [0.15, 0.2) is 0 Å². The maximum absolute atomic E-state index is 10.5. The molecular weight excluding hydrogens is 268 g/mol. The van der Waals surface area contributed by atoms with Crippen LogP contribution in [0.4, 0.5) is 0 Å². The second-order valence-corrected chi connectivity index (χ2v) is 5.42. The minimum Gasteiger partial charge on any atom is -0.497 e. The molecule has 2 unspecified atom stereocenters. The van der Waals surface area contributed by atoms with Crippen LogP contribution in [0, 0.1) is 0 Å². The summed E-state index contributed by atoms with van der Waals surface area (Å²) in [5.41, 5.74) is 2.11. The summed E-state index contributed by atoms with van der Waals surface area (Å²) in [7, 11) is 1.64. The molecule has 2 rings (SSSR count). The summed E-state index contributed by atoms with van der Waals surface area (Å²) in [6, 6.07) is 5.88. The number of aliphatic hydroxyl groups excluding tert-OH is 1. The van der Waals surface area contributed by atoms with Crippen molar-refractivity contribution in [2.45, 2.75) is 44.8 Å². The van der Waals surface area contributed by atoms with Crippen LogP contribution >= 0.6 is 0 Å². The zero-order chi connectivity index (χ0) is 15.1. The molecule has 118 valence electrons. The topological polar surface area (TPSA) is 47.9 Å². The SMILES string of the molecule is CCCCOCCOC1CCc2ccc(OC)cc2C1O. The van der Waals surface area contributed by atoms with E-state index < -0.39 is 6.10 Å². The first-order valence-electron chi connectivity index (χ1n) is 7.80. The van der Waals surface area contributed by atoms with Gasteiger partial charge in [-0.15, -0.1) is 0 Å². The van der Waals surface area contributed by atoms with E-state index in [4.69, 9.17) is 14.2 Å². The summed E-state index contributed by atoms with van der Waals surface area (Å²) in [4.78, 5) is 0. The Labute approximate surface area is 127 Å². The van der Waals surface area contributed by atoms with Crippen LogP contribution < -0.4 is 4.74 Å². The average molecular weight is 294 g/mol. The van der Waals surface area contributed by atoms with Gasteiger partial charge in [0.2, 0.25) is 0 Å². The molecule has 0 aromatic heterocycles. The van der Waals surface area contributed by atoms with Gasteiger partial charge in [0.1, 0.15) is 11.9 Å². The summed E-state index contributed by atoms with van der Waals surface area (Å²) in [6.45, 7) is 4.05. The van der Waals surface area contributed by atoms with Gasteiger partial charge in [0.05, 0.1) is 26.4 Å². The maximum Gasteiger partial charge on any atom is 0.119 e. The zero-order valence-electron chi connectivity index (χ0n) is 13.0. The molecule has 0 saturated heterocycles. The normalized spacial score (nSPS) is 21.1. The molecule has 1 aliphatic carbocycles. The van der Waals surface area contributed by atoms with Gasteiger partial charge in [-0.25, -0.2) is 0 Å². The van der Waals surface area contributed by atoms with Crippen molar-refractivity contribution in [1.82, 2.24) is 0 Å². The van der Waals surface area contributed by atoms with Crippen LogP contribution in [0.2, 0.25) is 0 Å². The van der Waals surface area contributed by atoms with E-state index >= 15 is 0 Å². The van der Waals surface area contributed by atoms with Crippen molar-refractivity contribution < 1.29 is 19.3 Å². The Morgan fingerprint density at radius 2 is 2.10 bits per heavy atom. The molecule has 0 amide bonds. The Hall–Kier alpha value is -1.10. The number of aryl methyl sites for hydroxylation is 1. The number of methoxy groups -OCH3 is 1. The first-order chi connectivity index (χ1) is 10.3. The summed E-state index contributed by atoms with van der Waals surface area (Å²) >= 11 is 0. The highest BCUT2D eigenvalue weighted by Crippen LogP contribution is 2.34. The lowest BCUT2D eigenvalue weighted by molar-refractivity contribution is -0.0654. The van der Waals surface area contributed by atoms with E-state index in [0.29, 0.717) is 13.2 Å². The van der Waals surface area contributed by atoms with Crippen molar-refractivity contribution in [3.63, 3.8) is 0 Å². The number of ether oxygens (including phenoxy) is 3. The van der Waals surface area contributed by atoms with Crippen molar-refractivity contribution in [2.24, 2.45) is 0 Å². The van der Waals surface area contributed by atoms with Crippen LogP contribution in [-0.4, -0.2) is 38.1 Å². The van der Waals surface area contributed by atoms with Gasteiger partial charge >= 0.3 is 0 Å². The van der Waals surface area contributed by atoms with Crippen LogP contribution in [0.15, 0.2) is 18.2 Å². The minimum atomic E-state index is -0.584. The summed E-state index contributed by atoms with van der Waals surface area (Å²) in [5, 5.41) is 10.5. The molecule has 0 aliphatic heterocycles. The van der Waals surface area contributed by atoms with E-state index in [2.05, 4.69) is 6.92 Å². The van der Waals surface area contributed by atoms with Gasteiger partial charge in [-0.05, 0) is 42.5 Å². The third kappa shape index (κ3) is 4.43. The molecule has 1 aliphatic rings. The quantitative estimate of drug-likeness (QED) is 0.749. The molecule has 0 fully saturated rings. The van der Waals surface area contributed by atoms with E-state index in [1.54, 1.807) is 7.11 Å². The summed E-state index contributed by atoms with van der Waals surface area (Å²) < 4.78 is 16.5. The largest absolute Gasteiger partial charge is 0.497 e. The van der Waals surface area contributed by atoms with Crippen LogP contribution in [0.1, 0.15) is 43.4 Å². The number of hydrogen-bond acceptors (Lipinski definition) is 4. The highest BCUT2D eigenvalue weighted by atomic mass is 16.5. The van der Waals surface area contributed by atoms with Gasteiger partial charge in [-0.2, -0.15) is 0 Å². The molecule has 1 N–H and O–H groups in total. The van der Waals surface area contributed by atoms with Crippen LogP contribution in [0.5, 0.6) is 5.75 Å². The van der Waals surface area contributed by atoms with E-state index in [9.17, 15) is 5.11 Å². The van der Waals surface area contributed by atoms with E-state index in [-0.39, 0.29) is 6.10 Å². The van der Waals surface area contributed by atoms with Crippen molar-refractivity contribution in [1.29, 1.82) is 0 Å². The number of aliphatic hydroxyl groups is 1. The molecule has 1 aromatic carbocycles. The fraction of sp³-hybridized carbons (Fsp3) is 0.647. The maximum atomic E-state index is 10.5. The monoisotopic (exact) mass is 294 g/mol. The van der Waals surface area contributed by atoms with Crippen molar-refractivity contribution in [2.75, 3.05) is 26.9 Å². The molecule has 0 spiro atoms. The van der Waals surface area contributed by atoms with Crippen LogP contribution in [0.25, 0.3) is 0 Å². The van der Waals surface area contributed by atoms with Gasteiger partial charge in [-0.3, -0.25) is 0 Å². The van der Waals surface area contributed by atoms with Crippen LogP contribution in [0.3, 0.4) is 0 Å². The zero-order valence-corrected chi connectivity index (χ0v) is 13.0. The van der Waals surface area contributed by atoms with Crippen LogP contribution in [-0.2, 0) is 15.9 Å². The second-order valence-electron chi connectivity index (χ2n) is 5.42. The molecular formula is C17H26O4. The third-order valence-electron chi connectivity index (χ3n) is 3.92. The Bertz CT molecular complexity index is 433. The van der Waals surface area contributed by atoms with Gasteiger partial charge in [0.25, 0.3) is 0 Å². The molecule has 4 nitrogen and oxygen atoms in total. The molecule has 0 saturated carbocycles. The summed E-state index contributed by atoms with van der Waals surface area (Å²) in [6.07, 6.45) is 3.26. The van der Waals surface area contributed by atoms with Crippen molar-refractivity contribution >= 4 is 0 Å². The lowest BCUT2D eigenvalue weighted by atomic mass is 9.87. The van der Waals surface area contributed by atoms with Gasteiger partial charge in [0, 0.05) is 6.61 Å². The number of fused-ring (bicyclic) bond motifs is 1. The smallest absolute Gasteiger partial charge is 0.119 e. The fourth-order valence-corrected chi connectivity index (χ4v) is 2.64. The first-order valence-corrected chi connectivity index (χ1v) is 7.80. The van der Waals surface area contributed by atoms with E-state index in [0.717, 1.165) is 43.6 Å². The Morgan fingerprint density at radius 1 is 1.24 bits per heavy atom.